The average Bonchev–Trinajstić information content (AvgIpc) is 3.03. The number of alkyl halides is 2. The van der Waals surface area contributed by atoms with Crippen LogP contribution in [0.25, 0.3) is 6.08 Å². The van der Waals surface area contributed by atoms with Crippen LogP contribution in [0.5, 0.6) is 17.2 Å². The topological polar surface area (TPSA) is 44.8 Å². The molecule has 0 amide bonds. The van der Waals surface area contributed by atoms with Crippen molar-refractivity contribution in [2.75, 3.05) is 0 Å². The summed E-state index contributed by atoms with van der Waals surface area (Å²) in [6.07, 6.45) is 1.40. The van der Waals surface area contributed by atoms with Gasteiger partial charge in [0.05, 0.1) is 5.56 Å². The van der Waals surface area contributed by atoms with Crippen LogP contribution in [0.3, 0.4) is 0 Å². The molecule has 4 nitrogen and oxygen atoms in total. The summed E-state index contributed by atoms with van der Waals surface area (Å²) in [5.74, 6) is 0.594. The SMILES string of the molecule is Cc1ccccc1COc1ccc2c(c1)O/C(=C\c1ccccc1OC(F)F)C2=O. The number of hydrogen-bond donors (Lipinski definition) is 0. The summed E-state index contributed by atoms with van der Waals surface area (Å²) >= 11 is 0. The Labute approximate surface area is 172 Å². The molecule has 0 radical (unpaired) electrons. The van der Waals surface area contributed by atoms with Crippen LogP contribution in [0, 0.1) is 6.92 Å². The summed E-state index contributed by atoms with van der Waals surface area (Å²) in [4.78, 5) is 12.6. The van der Waals surface area contributed by atoms with Crippen molar-refractivity contribution in [3.05, 3.63) is 94.7 Å². The van der Waals surface area contributed by atoms with E-state index in [-0.39, 0.29) is 17.3 Å². The lowest BCUT2D eigenvalue weighted by atomic mass is 10.1. The van der Waals surface area contributed by atoms with Gasteiger partial charge in [-0.2, -0.15) is 8.78 Å². The summed E-state index contributed by atoms with van der Waals surface area (Å²) in [6.45, 7) is -0.564. The minimum Gasteiger partial charge on any atom is -0.489 e. The lowest BCUT2D eigenvalue weighted by molar-refractivity contribution is -0.0499. The third-order valence-corrected chi connectivity index (χ3v) is 4.72. The van der Waals surface area contributed by atoms with Crippen molar-refractivity contribution in [1.29, 1.82) is 0 Å². The zero-order valence-electron chi connectivity index (χ0n) is 16.1. The molecule has 0 aliphatic carbocycles. The molecule has 0 atom stereocenters. The minimum absolute atomic E-state index is 0.0328. The molecule has 6 heteroatoms. The van der Waals surface area contributed by atoms with E-state index in [1.165, 1.54) is 12.1 Å². The normalized spacial score (nSPS) is 14.0. The summed E-state index contributed by atoms with van der Waals surface area (Å²) in [5, 5.41) is 0. The molecular weight excluding hydrogens is 390 g/mol. The van der Waals surface area contributed by atoms with Gasteiger partial charge in [0.2, 0.25) is 5.78 Å². The molecule has 0 N–H and O–H groups in total. The van der Waals surface area contributed by atoms with Gasteiger partial charge in [0.15, 0.2) is 5.76 Å². The highest BCUT2D eigenvalue weighted by molar-refractivity contribution is 6.14. The summed E-state index contributed by atoms with van der Waals surface area (Å²) in [6, 6.07) is 19.1. The van der Waals surface area contributed by atoms with Gasteiger partial charge in [0, 0.05) is 11.6 Å². The number of Topliss-reactive ketones (excluding diaryl/α,β-unsaturated/α-hetero) is 1. The first-order chi connectivity index (χ1) is 14.5. The number of allylic oxidation sites excluding steroid dienone is 1. The van der Waals surface area contributed by atoms with E-state index in [0.717, 1.165) is 11.1 Å². The van der Waals surface area contributed by atoms with Crippen LogP contribution in [0.15, 0.2) is 72.5 Å². The van der Waals surface area contributed by atoms with Crippen LogP contribution in [-0.2, 0) is 6.61 Å². The van der Waals surface area contributed by atoms with Gasteiger partial charge in [-0.1, -0.05) is 42.5 Å². The monoisotopic (exact) mass is 408 g/mol. The van der Waals surface area contributed by atoms with Crippen molar-refractivity contribution in [2.45, 2.75) is 20.1 Å². The summed E-state index contributed by atoms with van der Waals surface area (Å²) < 4.78 is 41.3. The fourth-order valence-corrected chi connectivity index (χ4v) is 3.13. The van der Waals surface area contributed by atoms with E-state index in [1.54, 1.807) is 36.4 Å². The Morgan fingerprint density at radius 1 is 1.03 bits per heavy atom. The number of benzene rings is 3. The Kier molecular flexibility index (Phi) is 5.48. The van der Waals surface area contributed by atoms with Gasteiger partial charge in [-0.15, -0.1) is 0 Å². The highest BCUT2D eigenvalue weighted by Crippen LogP contribution is 2.36. The highest BCUT2D eigenvalue weighted by Gasteiger charge is 2.28. The minimum atomic E-state index is -2.96. The van der Waals surface area contributed by atoms with Crippen molar-refractivity contribution in [3.63, 3.8) is 0 Å². The molecule has 30 heavy (non-hydrogen) atoms. The molecule has 1 aliphatic heterocycles. The van der Waals surface area contributed by atoms with Gasteiger partial charge in [-0.25, -0.2) is 0 Å². The van der Waals surface area contributed by atoms with Gasteiger partial charge in [-0.3, -0.25) is 4.79 Å². The lowest BCUT2D eigenvalue weighted by Crippen LogP contribution is -2.04. The van der Waals surface area contributed by atoms with Gasteiger partial charge >= 0.3 is 6.61 Å². The van der Waals surface area contributed by atoms with Gasteiger partial charge < -0.3 is 14.2 Å². The first-order valence-corrected chi connectivity index (χ1v) is 9.31. The highest BCUT2D eigenvalue weighted by atomic mass is 19.3. The number of halogens is 2. The second-order valence-electron chi connectivity index (χ2n) is 6.73. The largest absolute Gasteiger partial charge is 0.489 e. The molecule has 3 aromatic rings. The first kappa shape index (κ1) is 19.6. The van der Waals surface area contributed by atoms with Crippen LogP contribution >= 0.6 is 0 Å². The number of hydrogen-bond acceptors (Lipinski definition) is 4. The number of aryl methyl sites for hydroxylation is 1. The van der Waals surface area contributed by atoms with E-state index in [2.05, 4.69) is 4.74 Å². The predicted molar refractivity (Wildman–Crippen MR) is 108 cm³/mol. The number of fused-ring (bicyclic) bond motifs is 1. The summed E-state index contributed by atoms with van der Waals surface area (Å²) in [5.41, 5.74) is 2.90. The molecule has 4 rings (SSSR count). The maximum absolute atomic E-state index is 12.6. The number of carbonyl (C=O) groups excluding carboxylic acids is 1. The van der Waals surface area contributed by atoms with Crippen LogP contribution in [-0.4, -0.2) is 12.4 Å². The van der Waals surface area contributed by atoms with E-state index in [1.807, 2.05) is 31.2 Å². The molecule has 3 aromatic carbocycles. The van der Waals surface area contributed by atoms with Crippen molar-refractivity contribution in [2.24, 2.45) is 0 Å². The number of ether oxygens (including phenoxy) is 3. The number of para-hydroxylation sites is 1. The average molecular weight is 408 g/mol. The number of carbonyl (C=O) groups is 1. The predicted octanol–water partition coefficient (Wildman–Crippen LogP) is 5.79. The van der Waals surface area contributed by atoms with Crippen LogP contribution in [0.4, 0.5) is 8.78 Å². The van der Waals surface area contributed by atoms with E-state index < -0.39 is 6.61 Å². The Balaban J connectivity index is 1.54. The van der Waals surface area contributed by atoms with Crippen molar-refractivity contribution < 1.29 is 27.8 Å². The third kappa shape index (κ3) is 4.17. The Hall–Kier alpha value is -3.67. The molecule has 0 saturated heterocycles. The van der Waals surface area contributed by atoms with Crippen LogP contribution < -0.4 is 14.2 Å². The fourth-order valence-electron chi connectivity index (χ4n) is 3.13. The second kappa shape index (κ2) is 8.37. The Bertz CT molecular complexity index is 1120. The fraction of sp³-hybridized carbons (Fsp3) is 0.125. The Morgan fingerprint density at radius 3 is 2.60 bits per heavy atom. The third-order valence-electron chi connectivity index (χ3n) is 4.72. The molecule has 0 unspecified atom stereocenters. The molecular formula is C24H18F2O4. The number of ketones is 1. The van der Waals surface area contributed by atoms with Gasteiger partial charge in [0.25, 0.3) is 0 Å². The van der Waals surface area contributed by atoms with Gasteiger partial charge in [0.1, 0.15) is 23.9 Å². The van der Waals surface area contributed by atoms with E-state index >= 15 is 0 Å². The summed E-state index contributed by atoms with van der Waals surface area (Å²) in [7, 11) is 0. The van der Waals surface area contributed by atoms with Crippen LogP contribution in [0.1, 0.15) is 27.0 Å². The van der Waals surface area contributed by atoms with E-state index in [0.29, 0.717) is 29.2 Å². The second-order valence-corrected chi connectivity index (χ2v) is 6.73. The lowest BCUT2D eigenvalue weighted by Gasteiger charge is -2.09. The van der Waals surface area contributed by atoms with Crippen molar-refractivity contribution >= 4 is 11.9 Å². The molecule has 152 valence electrons. The molecule has 1 aliphatic rings. The van der Waals surface area contributed by atoms with Gasteiger partial charge in [-0.05, 0) is 42.3 Å². The zero-order chi connectivity index (χ0) is 21.1. The zero-order valence-corrected chi connectivity index (χ0v) is 16.1. The maximum atomic E-state index is 12.6. The van der Waals surface area contributed by atoms with Crippen LogP contribution in [0.2, 0.25) is 0 Å². The molecule has 0 bridgehead atoms. The van der Waals surface area contributed by atoms with E-state index in [4.69, 9.17) is 9.47 Å². The smallest absolute Gasteiger partial charge is 0.387 e. The van der Waals surface area contributed by atoms with Crippen molar-refractivity contribution in [1.82, 2.24) is 0 Å². The quantitative estimate of drug-likeness (QED) is 0.484. The molecule has 0 spiro atoms. The molecule has 0 aromatic heterocycles. The van der Waals surface area contributed by atoms with Crippen molar-refractivity contribution in [3.8, 4) is 17.2 Å². The molecule has 0 fully saturated rings. The molecule has 1 heterocycles. The molecule has 0 saturated carbocycles. The standard InChI is InChI=1S/C24H18F2O4/c1-15-6-2-3-8-17(15)14-28-18-10-11-19-21(13-18)29-22(23(19)27)12-16-7-4-5-9-20(16)30-24(25)26/h2-13,24H,14H2,1H3/b22-12-. The first-order valence-electron chi connectivity index (χ1n) is 9.31. The van der Waals surface area contributed by atoms with E-state index in [9.17, 15) is 13.6 Å². The Morgan fingerprint density at radius 2 is 1.80 bits per heavy atom. The maximum Gasteiger partial charge on any atom is 0.387 e. The number of rotatable bonds is 6.